The number of nitrogens with zero attached hydrogens (tertiary/aromatic N) is 2. The zero-order valence-electron chi connectivity index (χ0n) is 17.0. The van der Waals surface area contributed by atoms with Gasteiger partial charge >= 0.3 is 0 Å². The van der Waals surface area contributed by atoms with Crippen LogP contribution in [0.5, 0.6) is 0 Å². The Morgan fingerprint density at radius 3 is 2.42 bits per heavy atom. The second-order valence-electron chi connectivity index (χ2n) is 7.20. The van der Waals surface area contributed by atoms with E-state index < -0.39 is 0 Å². The summed E-state index contributed by atoms with van der Waals surface area (Å²) in [6, 6.07) is 23.4. The van der Waals surface area contributed by atoms with Crippen LogP contribution in [-0.2, 0) is 0 Å². The van der Waals surface area contributed by atoms with Gasteiger partial charge in [0.2, 0.25) is 0 Å². The van der Waals surface area contributed by atoms with Gasteiger partial charge in [-0.05, 0) is 38.1 Å². The van der Waals surface area contributed by atoms with Crippen molar-refractivity contribution in [3.8, 4) is 11.3 Å². The zero-order valence-corrected chi connectivity index (χ0v) is 20.2. The number of hydrogen-bond donors (Lipinski definition) is 1. The zero-order chi connectivity index (χ0) is 22.0. The van der Waals surface area contributed by atoms with Crippen LogP contribution in [-0.4, -0.2) is 16.6 Å². The largest absolute Gasteiger partial charge is 0.272 e. The molecule has 154 valence electrons. The van der Waals surface area contributed by atoms with E-state index in [-0.39, 0.29) is 5.91 Å². The lowest BCUT2D eigenvalue weighted by Crippen LogP contribution is -2.20. The molecule has 6 heteroatoms. The molecule has 4 aromatic rings. The number of hydrogen-bond acceptors (Lipinski definition) is 3. The van der Waals surface area contributed by atoms with Crippen molar-refractivity contribution >= 4 is 54.4 Å². The molecular formula is C25H19Br2N3O. The molecule has 0 aliphatic carbocycles. The lowest BCUT2D eigenvalue weighted by Gasteiger charge is -2.10. The van der Waals surface area contributed by atoms with Crippen molar-refractivity contribution in [2.75, 3.05) is 0 Å². The lowest BCUT2D eigenvalue weighted by molar-refractivity contribution is 0.0956. The Hall–Kier alpha value is -2.83. The summed E-state index contributed by atoms with van der Waals surface area (Å²) in [7, 11) is 0. The van der Waals surface area contributed by atoms with Gasteiger partial charge in [0.05, 0.1) is 22.5 Å². The van der Waals surface area contributed by atoms with Crippen LogP contribution < -0.4 is 5.43 Å². The lowest BCUT2D eigenvalue weighted by atomic mass is 10.0. The van der Waals surface area contributed by atoms with E-state index in [0.717, 1.165) is 36.7 Å². The number of aromatic nitrogens is 1. The minimum absolute atomic E-state index is 0.278. The average molecular weight is 537 g/mol. The van der Waals surface area contributed by atoms with Crippen LogP contribution >= 0.6 is 31.9 Å². The molecule has 0 aliphatic rings. The van der Waals surface area contributed by atoms with Gasteiger partial charge in [0, 0.05) is 25.5 Å². The highest BCUT2D eigenvalue weighted by Crippen LogP contribution is 2.26. The van der Waals surface area contributed by atoms with Crippen LogP contribution in [0.25, 0.3) is 22.2 Å². The number of hydrazone groups is 1. The van der Waals surface area contributed by atoms with Gasteiger partial charge in [0.1, 0.15) is 0 Å². The molecule has 0 spiro atoms. The van der Waals surface area contributed by atoms with Crippen molar-refractivity contribution in [2.24, 2.45) is 5.10 Å². The second-order valence-corrected chi connectivity index (χ2v) is 8.97. The summed E-state index contributed by atoms with van der Waals surface area (Å²) in [5, 5.41) is 5.12. The minimum Gasteiger partial charge on any atom is -0.267 e. The summed E-state index contributed by atoms with van der Waals surface area (Å²) in [4.78, 5) is 17.9. The first-order chi connectivity index (χ1) is 14.9. The van der Waals surface area contributed by atoms with Crippen LogP contribution in [0.4, 0.5) is 0 Å². The number of carbonyl (C=O) groups is 1. The molecule has 0 saturated heterocycles. The van der Waals surface area contributed by atoms with Crippen molar-refractivity contribution in [1.29, 1.82) is 0 Å². The van der Waals surface area contributed by atoms with Crippen molar-refractivity contribution in [2.45, 2.75) is 13.8 Å². The van der Waals surface area contributed by atoms with E-state index in [1.54, 1.807) is 0 Å². The van der Waals surface area contributed by atoms with Gasteiger partial charge in [0.15, 0.2) is 0 Å². The smallest absolute Gasteiger partial charge is 0.267 e. The fraction of sp³-hybridized carbons (Fsp3) is 0.0800. The van der Waals surface area contributed by atoms with Gasteiger partial charge in [-0.25, -0.2) is 10.4 Å². The van der Waals surface area contributed by atoms with E-state index in [1.807, 2.05) is 86.6 Å². The number of carbonyl (C=O) groups excluding carboxylic acids is 1. The van der Waals surface area contributed by atoms with E-state index >= 15 is 0 Å². The molecule has 0 atom stereocenters. The number of amides is 1. The third-order valence-corrected chi connectivity index (χ3v) is 6.10. The Morgan fingerprint density at radius 2 is 1.68 bits per heavy atom. The number of pyridine rings is 1. The summed E-state index contributed by atoms with van der Waals surface area (Å²) < 4.78 is 1.86. The van der Waals surface area contributed by atoms with E-state index in [9.17, 15) is 4.79 Å². The van der Waals surface area contributed by atoms with E-state index in [4.69, 9.17) is 4.98 Å². The Balaban J connectivity index is 1.70. The second kappa shape index (κ2) is 9.12. The predicted molar refractivity (Wildman–Crippen MR) is 133 cm³/mol. The third kappa shape index (κ3) is 4.75. The molecule has 0 unspecified atom stereocenters. The maximum atomic E-state index is 13.1. The molecule has 1 heterocycles. The highest BCUT2D eigenvalue weighted by molar-refractivity contribution is 9.11. The number of para-hydroxylation sites is 1. The fourth-order valence-electron chi connectivity index (χ4n) is 3.27. The summed E-state index contributed by atoms with van der Waals surface area (Å²) in [6.45, 7) is 3.90. The van der Waals surface area contributed by atoms with Gasteiger partial charge in [-0.2, -0.15) is 5.10 Å². The first-order valence-electron chi connectivity index (χ1n) is 9.69. The predicted octanol–water partition coefficient (Wildman–Crippen LogP) is 6.89. The van der Waals surface area contributed by atoms with Crippen LogP contribution in [0.3, 0.4) is 0 Å². The third-order valence-electron chi connectivity index (χ3n) is 4.95. The van der Waals surface area contributed by atoms with Crippen LogP contribution in [0, 0.1) is 6.92 Å². The van der Waals surface area contributed by atoms with Gasteiger partial charge in [-0.15, -0.1) is 0 Å². The number of benzene rings is 3. The first kappa shape index (κ1) is 21.4. The van der Waals surface area contributed by atoms with Gasteiger partial charge < -0.3 is 0 Å². The van der Waals surface area contributed by atoms with Gasteiger partial charge in [0.25, 0.3) is 5.91 Å². The number of rotatable bonds is 4. The topological polar surface area (TPSA) is 54.4 Å². The normalized spacial score (nSPS) is 11.5. The molecule has 31 heavy (non-hydrogen) atoms. The van der Waals surface area contributed by atoms with Crippen LogP contribution in [0.1, 0.15) is 28.4 Å². The average Bonchev–Trinajstić information content (AvgIpc) is 2.77. The van der Waals surface area contributed by atoms with E-state index in [2.05, 4.69) is 42.4 Å². The van der Waals surface area contributed by atoms with Crippen molar-refractivity contribution in [1.82, 2.24) is 10.4 Å². The Kier molecular flexibility index (Phi) is 6.30. The number of fused-ring (bicyclic) bond motifs is 1. The standard InChI is InChI=1S/C25H19Br2N3O/c1-15-7-9-17(10-8-15)24-14-21(20-5-3-4-6-23(20)28-24)25(31)30-29-16(2)19-12-11-18(26)13-22(19)27/h3-14H,1-2H3,(H,30,31). The Morgan fingerprint density at radius 1 is 0.935 bits per heavy atom. The molecular weight excluding hydrogens is 518 g/mol. The molecule has 1 aromatic heterocycles. The maximum Gasteiger partial charge on any atom is 0.272 e. The van der Waals surface area contributed by atoms with Crippen molar-refractivity contribution < 1.29 is 4.79 Å². The molecule has 0 saturated carbocycles. The Bertz CT molecular complexity index is 1310. The van der Waals surface area contributed by atoms with E-state index in [0.29, 0.717) is 11.3 Å². The molecule has 4 nitrogen and oxygen atoms in total. The van der Waals surface area contributed by atoms with Gasteiger partial charge in [-0.3, -0.25) is 4.79 Å². The Labute approximate surface area is 197 Å². The molecule has 0 bridgehead atoms. The minimum atomic E-state index is -0.278. The monoisotopic (exact) mass is 535 g/mol. The molecule has 1 amide bonds. The van der Waals surface area contributed by atoms with Crippen LogP contribution in [0.15, 0.2) is 86.8 Å². The molecule has 0 fully saturated rings. The number of aryl methyl sites for hydroxylation is 1. The SMILES string of the molecule is CC(=NNC(=O)c1cc(-c2ccc(C)cc2)nc2ccccc12)c1ccc(Br)cc1Br. The van der Waals surface area contributed by atoms with Crippen molar-refractivity contribution in [3.63, 3.8) is 0 Å². The number of nitrogens with one attached hydrogen (secondary N) is 1. The maximum absolute atomic E-state index is 13.1. The van der Waals surface area contributed by atoms with Crippen LogP contribution in [0.2, 0.25) is 0 Å². The molecule has 1 N–H and O–H groups in total. The molecule has 3 aromatic carbocycles. The van der Waals surface area contributed by atoms with E-state index in [1.165, 1.54) is 5.56 Å². The van der Waals surface area contributed by atoms with Crippen molar-refractivity contribution in [3.05, 3.63) is 98.4 Å². The first-order valence-corrected chi connectivity index (χ1v) is 11.3. The fourth-order valence-corrected chi connectivity index (χ4v) is 4.61. The van der Waals surface area contributed by atoms with Gasteiger partial charge in [-0.1, -0.05) is 86.0 Å². The summed E-state index contributed by atoms with van der Waals surface area (Å²) in [5.74, 6) is -0.278. The molecule has 0 radical (unpaired) electrons. The summed E-state index contributed by atoms with van der Waals surface area (Å²) in [6.07, 6.45) is 0. The number of halogens is 2. The summed E-state index contributed by atoms with van der Waals surface area (Å²) >= 11 is 6.99. The highest BCUT2D eigenvalue weighted by atomic mass is 79.9. The molecule has 0 aliphatic heterocycles. The summed E-state index contributed by atoms with van der Waals surface area (Å²) in [5.41, 5.74) is 8.50. The highest BCUT2D eigenvalue weighted by Gasteiger charge is 2.14. The quantitative estimate of drug-likeness (QED) is 0.228. The molecule has 4 rings (SSSR count).